The molecule has 0 saturated heterocycles. The third-order valence-corrected chi connectivity index (χ3v) is 3.90. The van der Waals surface area contributed by atoms with Gasteiger partial charge in [-0.05, 0) is 41.6 Å². The molecular weight excluding hydrogens is 320 g/mol. The highest BCUT2D eigenvalue weighted by Gasteiger charge is 2.12. The summed E-state index contributed by atoms with van der Waals surface area (Å²) >= 11 is 0. The lowest BCUT2D eigenvalue weighted by molar-refractivity contribution is -0.698. The molecule has 1 aliphatic rings. The standard InChI is InChI=1S/C19H18N2O4/c1-24-17-10-4-15(5-11-17)21(23)16-6-12-19(13-7-16)25-18-8-2-14(20-22)3-9-18/h2-8,10-13,18,21H,9H2,1H3. The number of quaternary nitrogens is 1. The van der Waals surface area contributed by atoms with Gasteiger partial charge in [0.1, 0.15) is 34.7 Å². The Hall–Kier alpha value is -2.96. The van der Waals surface area contributed by atoms with Crippen molar-refractivity contribution < 1.29 is 14.5 Å². The summed E-state index contributed by atoms with van der Waals surface area (Å²) in [4.78, 5) is 10.4. The zero-order chi connectivity index (χ0) is 17.6. The quantitative estimate of drug-likeness (QED) is 0.647. The molecule has 25 heavy (non-hydrogen) atoms. The van der Waals surface area contributed by atoms with Crippen molar-refractivity contribution in [2.75, 3.05) is 7.11 Å². The van der Waals surface area contributed by atoms with Crippen molar-refractivity contribution in [2.45, 2.75) is 12.5 Å². The van der Waals surface area contributed by atoms with Crippen LogP contribution in [0.5, 0.6) is 11.5 Å². The Morgan fingerprint density at radius 1 is 1.04 bits per heavy atom. The van der Waals surface area contributed by atoms with Crippen molar-refractivity contribution in [3.8, 4) is 11.5 Å². The predicted octanol–water partition coefficient (Wildman–Crippen LogP) is 3.40. The number of benzene rings is 2. The highest BCUT2D eigenvalue weighted by Crippen LogP contribution is 2.21. The number of methoxy groups -OCH3 is 1. The molecule has 3 rings (SSSR count). The van der Waals surface area contributed by atoms with Crippen LogP contribution in [0.4, 0.5) is 11.4 Å². The Balaban J connectivity index is 1.64. The maximum absolute atomic E-state index is 12.5. The van der Waals surface area contributed by atoms with Gasteiger partial charge in [-0.25, -0.2) is 0 Å². The minimum atomic E-state index is -0.145. The Labute approximate surface area is 145 Å². The largest absolute Gasteiger partial charge is 0.623 e. The monoisotopic (exact) mass is 338 g/mol. The number of nitroso groups, excluding NO2 is 1. The molecule has 1 N–H and O–H groups in total. The smallest absolute Gasteiger partial charge is 0.136 e. The normalized spacial score (nSPS) is 17.5. The second kappa shape index (κ2) is 7.74. The second-order valence-corrected chi connectivity index (χ2v) is 5.55. The number of hydrogen-bond donors (Lipinski definition) is 1. The fourth-order valence-electron chi connectivity index (χ4n) is 2.51. The first kappa shape index (κ1) is 16.9. The van der Waals surface area contributed by atoms with Gasteiger partial charge in [0, 0.05) is 30.7 Å². The Bertz CT molecular complexity index is 782. The molecule has 128 valence electrons. The van der Waals surface area contributed by atoms with E-state index in [9.17, 15) is 10.1 Å². The van der Waals surface area contributed by atoms with Crippen molar-refractivity contribution in [3.05, 3.63) is 82.6 Å². The van der Waals surface area contributed by atoms with Crippen LogP contribution in [0.1, 0.15) is 6.42 Å². The van der Waals surface area contributed by atoms with E-state index in [0.29, 0.717) is 35.0 Å². The maximum Gasteiger partial charge on any atom is 0.136 e. The Kier molecular flexibility index (Phi) is 5.23. The molecule has 0 aliphatic heterocycles. The Morgan fingerprint density at radius 2 is 1.64 bits per heavy atom. The van der Waals surface area contributed by atoms with Gasteiger partial charge in [0.15, 0.2) is 0 Å². The van der Waals surface area contributed by atoms with Crippen LogP contribution in [0, 0.1) is 10.1 Å². The van der Waals surface area contributed by atoms with Crippen molar-refractivity contribution in [1.82, 2.24) is 0 Å². The summed E-state index contributed by atoms with van der Waals surface area (Å²) in [6, 6.07) is 14.0. The number of rotatable bonds is 6. The minimum absolute atomic E-state index is 0.0589. The van der Waals surface area contributed by atoms with Gasteiger partial charge in [-0.1, -0.05) is 6.08 Å². The summed E-state index contributed by atoms with van der Waals surface area (Å²) in [7, 11) is 1.59. The minimum Gasteiger partial charge on any atom is -0.623 e. The SMILES string of the molecule is COc1ccc([NH+]([O-])c2ccc(OC3C=CC(N=O)=CC3)cc2)cc1. The van der Waals surface area contributed by atoms with Crippen LogP contribution in [-0.2, 0) is 0 Å². The molecule has 0 bridgehead atoms. The van der Waals surface area contributed by atoms with E-state index in [1.54, 1.807) is 73.9 Å². The van der Waals surface area contributed by atoms with Gasteiger partial charge in [0.05, 0.1) is 7.11 Å². The average molecular weight is 338 g/mol. The van der Waals surface area contributed by atoms with Gasteiger partial charge < -0.3 is 19.7 Å². The van der Waals surface area contributed by atoms with Gasteiger partial charge in [0.2, 0.25) is 0 Å². The molecule has 2 unspecified atom stereocenters. The average Bonchev–Trinajstić information content (AvgIpc) is 2.69. The van der Waals surface area contributed by atoms with Gasteiger partial charge in [-0.15, -0.1) is 4.91 Å². The first-order valence-electron chi connectivity index (χ1n) is 7.87. The molecule has 0 aromatic heterocycles. The van der Waals surface area contributed by atoms with E-state index in [0.717, 1.165) is 0 Å². The third kappa shape index (κ3) is 4.12. The summed E-state index contributed by atoms with van der Waals surface area (Å²) in [5.74, 6) is 1.37. The highest BCUT2D eigenvalue weighted by molar-refractivity contribution is 5.43. The van der Waals surface area contributed by atoms with Crippen LogP contribution in [-0.4, -0.2) is 13.2 Å². The fourth-order valence-corrected chi connectivity index (χ4v) is 2.51. The van der Waals surface area contributed by atoms with Crippen LogP contribution in [0.2, 0.25) is 0 Å². The first-order valence-corrected chi connectivity index (χ1v) is 7.87. The fraction of sp³-hybridized carbons (Fsp3) is 0.158. The lowest BCUT2D eigenvalue weighted by atomic mass is 10.1. The molecule has 0 fully saturated rings. The summed E-state index contributed by atoms with van der Waals surface area (Å²) < 4.78 is 10.9. The third-order valence-electron chi connectivity index (χ3n) is 3.90. The van der Waals surface area contributed by atoms with Gasteiger partial charge in [0.25, 0.3) is 0 Å². The number of nitrogens with one attached hydrogen (secondary N) is 1. The van der Waals surface area contributed by atoms with E-state index in [4.69, 9.17) is 9.47 Å². The predicted molar refractivity (Wildman–Crippen MR) is 95.1 cm³/mol. The topological polar surface area (TPSA) is 75.4 Å². The van der Waals surface area contributed by atoms with Crippen molar-refractivity contribution in [2.24, 2.45) is 5.18 Å². The second-order valence-electron chi connectivity index (χ2n) is 5.55. The molecule has 1 aliphatic carbocycles. The van der Waals surface area contributed by atoms with Crippen LogP contribution < -0.4 is 14.5 Å². The summed E-state index contributed by atoms with van der Waals surface area (Å²) in [6.07, 6.45) is 5.62. The molecule has 2 atom stereocenters. The van der Waals surface area contributed by atoms with Crippen LogP contribution in [0.15, 0.2) is 77.6 Å². The molecule has 6 heteroatoms. The van der Waals surface area contributed by atoms with E-state index >= 15 is 0 Å². The molecule has 0 amide bonds. The lowest BCUT2D eigenvalue weighted by Gasteiger charge is -2.22. The summed E-state index contributed by atoms with van der Waals surface area (Å²) in [6.45, 7) is 0. The molecule has 0 saturated carbocycles. The lowest BCUT2D eigenvalue weighted by Crippen LogP contribution is -2.96. The summed E-state index contributed by atoms with van der Waals surface area (Å²) in [5.41, 5.74) is 1.60. The maximum atomic E-state index is 12.5. The van der Waals surface area contributed by atoms with E-state index in [1.165, 1.54) is 0 Å². The highest BCUT2D eigenvalue weighted by atomic mass is 16.5. The zero-order valence-electron chi connectivity index (χ0n) is 13.7. The molecule has 0 heterocycles. The van der Waals surface area contributed by atoms with Crippen LogP contribution >= 0.6 is 0 Å². The first-order chi connectivity index (χ1) is 12.2. The van der Waals surface area contributed by atoms with Crippen molar-refractivity contribution >= 4 is 11.4 Å². The van der Waals surface area contributed by atoms with E-state index in [1.807, 2.05) is 0 Å². The van der Waals surface area contributed by atoms with Crippen LogP contribution in [0.3, 0.4) is 0 Å². The number of hydrogen-bond acceptors (Lipinski definition) is 5. The molecule has 2 aromatic carbocycles. The van der Waals surface area contributed by atoms with Crippen molar-refractivity contribution in [3.63, 3.8) is 0 Å². The van der Waals surface area contributed by atoms with Crippen LogP contribution in [0.25, 0.3) is 0 Å². The molecular formula is C19H18N2O4. The number of ether oxygens (including phenoxy) is 2. The molecule has 0 radical (unpaired) electrons. The van der Waals surface area contributed by atoms with Gasteiger partial charge in [-0.2, -0.15) is 0 Å². The van der Waals surface area contributed by atoms with Gasteiger partial charge in [-0.3, -0.25) is 0 Å². The van der Waals surface area contributed by atoms with Gasteiger partial charge >= 0.3 is 0 Å². The van der Waals surface area contributed by atoms with Crippen molar-refractivity contribution in [1.29, 1.82) is 0 Å². The molecule has 0 spiro atoms. The van der Waals surface area contributed by atoms with E-state index < -0.39 is 0 Å². The molecule has 6 nitrogen and oxygen atoms in total. The molecule has 2 aromatic rings. The van der Waals surface area contributed by atoms with E-state index in [2.05, 4.69) is 5.18 Å². The zero-order valence-corrected chi connectivity index (χ0v) is 13.7. The number of nitrogens with zero attached hydrogens (tertiary/aromatic N) is 1. The van der Waals surface area contributed by atoms with E-state index in [-0.39, 0.29) is 11.2 Å². The number of allylic oxidation sites excluding steroid dienone is 1. The summed E-state index contributed by atoms with van der Waals surface area (Å²) in [5, 5.41) is 15.3. The Morgan fingerprint density at radius 3 is 2.12 bits per heavy atom.